The van der Waals surface area contributed by atoms with Gasteiger partial charge < -0.3 is 5.32 Å². The Labute approximate surface area is 186 Å². The van der Waals surface area contributed by atoms with Crippen LogP contribution in [-0.4, -0.2) is 26.4 Å². The van der Waals surface area contributed by atoms with Gasteiger partial charge in [-0.2, -0.15) is 0 Å². The van der Waals surface area contributed by atoms with E-state index in [0.717, 1.165) is 39.5 Å². The van der Waals surface area contributed by atoms with E-state index in [9.17, 15) is 4.79 Å². The van der Waals surface area contributed by atoms with E-state index in [0.29, 0.717) is 5.16 Å². The molecule has 156 valence electrons. The summed E-state index contributed by atoms with van der Waals surface area (Å²) in [4.78, 5) is 12.6. The molecule has 4 aromatic rings. The lowest BCUT2D eigenvalue weighted by atomic mass is 10.1. The Morgan fingerprint density at radius 3 is 2.29 bits per heavy atom. The molecule has 0 atom stereocenters. The van der Waals surface area contributed by atoms with Gasteiger partial charge in [-0.1, -0.05) is 60.3 Å². The molecule has 0 bridgehead atoms. The maximum atomic E-state index is 12.6. The number of amides is 1. The molecule has 0 unspecified atom stereocenters. The van der Waals surface area contributed by atoms with Crippen LogP contribution in [0, 0.1) is 20.8 Å². The Kier molecular flexibility index (Phi) is 6.18. The summed E-state index contributed by atoms with van der Waals surface area (Å²) in [5.74, 6) is 0.933. The minimum absolute atomic E-state index is 0.0740. The summed E-state index contributed by atoms with van der Waals surface area (Å²) in [5.41, 5.74) is 6.15. The Morgan fingerprint density at radius 2 is 1.58 bits per heavy atom. The number of nitrogens with one attached hydrogen (secondary N) is 1. The molecule has 0 aliphatic rings. The number of carbonyl (C=O) groups is 1. The zero-order chi connectivity index (χ0) is 21.8. The van der Waals surface area contributed by atoms with Gasteiger partial charge in [-0.25, -0.2) is 0 Å². The van der Waals surface area contributed by atoms with Crippen LogP contribution in [0.1, 0.15) is 16.7 Å². The summed E-state index contributed by atoms with van der Waals surface area (Å²) in [6.45, 7) is 6.10. The highest BCUT2D eigenvalue weighted by Crippen LogP contribution is 2.29. The summed E-state index contributed by atoms with van der Waals surface area (Å²) in [5, 5.41) is 12.5. The van der Waals surface area contributed by atoms with Gasteiger partial charge in [-0.15, -0.1) is 10.2 Å². The number of rotatable bonds is 6. The van der Waals surface area contributed by atoms with Crippen molar-refractivity contribution >= 4 is 23.4 Å². The van der Waals surface area contributed by atoms with Crippen molar-refractivity contribution in [3.05, 3.63) is 89.5 Å². The molecule has 0 aliphatic heterocycles. The van der Waals surface area contributed by atoms with Gasteiger partial charge in [0.15, 0.2) is 11.0 Å². The van der Waals surface area contributed by atoms with Crippen LogP contribution in [-0.2, 0) is 4.79 Å². The van der Waals surface area contributed by atoms with Gasteiger partial charge in [0, 0.05) is 16.9 Å². The lowest BCUT2D eigenvalue weighted by Gasteiger charge is -2.12. The van der Waals surface area contributed by atoms with Crippen LogP contribution in [0.25, 0.3) is 17.1 Å². The minimum Gasteiger partial charge on any atom is -0.325 e. The highest BCUT2D eigenvalue weighted by Gasteiger charge is 2.18. The Balaban J connectivity index is 1.60. The van der Waals surface area contributed by atoms with Gasteiger partial charge in [0.25, 0.3) is 0 Å². The van der Waals surface area contributed by atoms with Crippen LogP contribution >= 0.6 is 11.8 Å². The van der Waals surface area contributed by atoms with Crippen molar-refractivity contribution in [2.75, 3.05) is 11.1 Å². The van der Waals surface area contributed by atoms with Crippen LogP contribution in [0.5, 0.6) is 0 Å². The predicted octanol–water partition coefficient (Wildman–Crippen LogP) is 5.59. The highest BCUT2D eigenvalue weighted by molar-refractivity contribution is 7.99. The van der Waals surface area contributed by atoms with E-state index in [4.69, 9.17) is 0 Å². The Bertz CT molecular complexity index is 1200. The molecule has 5 nitrogen and oxygen atoms in total. The quantitative estimate of drug-likeness (QED) is 0.407. The fourth-order valence-corrected chi connectivity index (χ4v) is 4.30. The van der Waals surface area contributed by atoms with Crippen LogP contribution in [0.3, 0.4) is 0 Å². The average molecular weight is 429 g/mol. The number of nitrogens with zero attached hydrogens (tertiary/aromatic N) is 3. The van der Waals surface area contributed by atoms with E-state index in [-0.39, 0.29) is 11.7 Å². The first-order valence-corrected chi connectivity index (χ1v) is 11.1. The molecule has 1 amide bonds. The lowest BCUT2D eigenvalue weighted by Crippen LogP contribution is -2.14. The third kappa shape index (κ3) is 4.86. The number of carbonyl (C=O) groups excluding carboxylic acids is 1. The number of aryl methyl sites for hydroxylation is 3. The normalized spacial score (nSPS) is 10.8. The fourth-order valence-electron chi connectivity index (χ4n) is 3.55. The number of hydrogen-bond acceptors (Lipinski definition) is 4. The SMILES string of the molecule is Cc1cc(C)cc(NC(=O)CSc2nnc(-c3ccccc3C)n2-c2ccccc2)c1. The zero-order valence-corrected chi connectivity index (χ0v) is 18.6. The molecule has 1 heterocycles. The van der Waals surface area contributed by atoms with Crippen molar-refractivity contribution < 1.29 is 4.79 Å². The average Bonchev–Trinajstić information content (AvgIpc) is 3.16. The molecular formula is C25H24N4OS. The summed E-state index contributed by atoms with van der Waals surface area (Å²) in [6.07, 6.45) is 0. The zero-order valence-electron chi connectivity index (χ0n) is 17.8. The second kappa shape index (κ2) is 9.18. The number of benzene rings is 3. The van der Waals surface area contributed by atoms with Crippen molar-refractivity contribution in [1.82, 2.24) is 14.8 Å². The summed E-state index contributed by atoms with van der Waals surface area (Å²) >= 11 is 1.38. The number of aromatic nitrogens is 3. The van der Waals surface area contributed by atoms with Gasteiger partial charge in [-0.3, -0.25) is 9.36 Å². The maximum absolute atomic E-state index is 12.6. The number of anilines is 1. The number of para-hydroxylation sites is 1. The first kappa shape index (κ1) is 20.9. The van der Waals surface area contributed by atoms with Gasteiger partial charge in [0.2, 0.25) is 5.91 Å². The van der Waals surface area contributed by atoms with Gasteiger partial charge in [0.1, 0.15) is 0 Å². The Morgan fingerprint density at radius 1 is 0.903 bits per heavy atom. The van der Waals surface area contributed by atoms with Crippen LogP contribution in [0.15, 0.2) is 78.0 Å². The summed E-state index contributed by atoms with van der Waals surface area (Å²) < 4.78 is 2.01. The fraction of sp³-hybridized carbons (Fsp3) is 0.160. The van der Waals surface area contributed by atoms with Crippen molar-refractivity contribution in [2.24, 2.45) is 0 Å². The molecule has 1 aromatic heterocycles. The van der Waals surface area contributed by atoms with E-state index in [1.165, 1.54) is 11.8 Å². The standard InChI is InChI=1S/C25H24N4OS/c1-17-13-18(2)15-20(14-17)26-23(30)16-31-25-28-27-24(22-12-8-7-9-19(22)3)29(25)21-10-5-4-6-11-21/h4-15H,16H2,1-3H3,(H,26,30). The lowest BCUT2D eigenvalue weighted by molar-refractivity contribution is -0.113. The first-order chi connectivity index (χ1) is 15.0. The molecule has 0 saturated carbocycles. The third-order valence-corrected chi connectivity index (χ3v) is 5.80. The summed E-state index contributed by atoms with van der Waals surface area (Å²) in [7, 11) is 0. The first-order valence-electron chi connectivity index (χ1n) is 10.1. The van der Waals surface area contributed by atoms with Crippen LogP contribution in [0.2, 0.25) is 0 Å². The molecule has 0 spiro atoms. The number of thioether (sulfide) groups is 1. The van der Waals surface area contributed by atoms with Gasteiger partial charge in [0.05, 0.1) is 5.75 Å². The van der Waals surface area contributed by atoms with E-state index < -0.39 is 0 Å². The molecule has 0 aliphatic carbocycles. The Hall–Kier alpha value is -3.38. The van der Waals surface area contributed by atoms with E-state index in [1.807, 2.05) is 79.1 Å². The molecule has 1 N–H and O–H groups in total. The van der Waals surface area contributed by atoms with Crippen molar-refractivity contribution in [3.63, 3.8) is 0 Å². The molecule has 4 rings (SSSR count). The number of hydrogen-bond donors (Lipinski definition) is 1. The smallest absolute Gasteiger partial charge is 0.234 e. The second-order valence-electron chi connectivity index (χ2n) is 7.51. The molecular weight excluding hydrogens is 404 g/mol. The van der Waals surface area contributed by atoms with Gasteiger partial charge >= 0.3 is 0 Å². The topological polar surface area (TPSA) is 59.8 Å². The van der Waals surface area contributed by atoms with Crippen LogP contribution < -0.4 is 5.32 Å². The van der Waals surface area contributed by atoms with E-state index in [2.05, 4.69) is 34.6 Å². The van der Waals surface area contributed by atoms with Gasteiger partial charge in [-0.05, 0) is 61.7 Å². The minimum atomic E-state index is -0.0740. The molecule has 0 fully saturated rings. The molecule has 0 radical (unpaired) electrons. The second-order valence-corrected chi connectivity index (χ2v) is 8.45. The van der Waals surface area contributed by atoms with Crippen molar-refractivity contribution in [1.29, 1.82) is 0 Å². The van der Waals surface area contributed by atoms with Crippen molar-refractivity contribution in [3.8, 4) is 17.1 Å². The monoisotopic (exact) mass is 428 g/mol. The summed E-state index contributed by atoms with van der Waals surface area (Å²) in [6, 6.07) is 24.1. The maximum Gasteiger partial charge on any atom is 0.234 e. The molecule has 3 aromatic carbocycles. The van der Waals surface area contributed by atoms with Crippen LogP contribution in [0.4, 0.5) is 5.69 Å². The van der Waals surface area contributed by atoms with Crippen molar-refractivity contribution in [2.45, 2.75) is 25.9 Å². The molecule has 6 heteroatoms. The predicted molar refractivity (Wildman–Crippen MR) is 127 cm³/mol. The largest absolute Gasteiger partial charge is 0.325 e. The van der Waals surface area contributed by atoms with E-state index >= 15 is 0 Å². The molecule has 0 saturated heterocycles. The highest BCUT2D eigenvalue weighted by atomic mass is 32.2. The third-order valence-electron chi connectivity index (χ3n) is 4.87. The molecule has 31 heavy (non-hydrogen) atoms. The van der Waals surface area contributed by atoms with E-state index in [1.54, 1.807) is 0 Å².